The van der Waals surface area contributed by atoms with Crippen LogP contribution in [0.5, 0.6) is 0 Å². The van der Waals surface area contributed by atoms with Crippen LogP contribution in [-0.2, 0) is 0 Å². The number of oxazole rings is 1. The van der Waals surface area contributed by atoms with Gasteiger partial charge in [0, 0.05) is 30.9 Å². The van der Waals surface area contributed by atoms with Gasteiger partial charge < -0.3 is 15.1 Å². The van der Waals surface area contributed by atoms with Gasteiger partial charge in [0.2, 0.25) is 0 Å². The summed E-state index contributed by atoms with van der Waals surface area (Å²) in [6, 6.07) is 7.05. The Morgan fingerprint density at radius 3 is 2.86 bits per heavy atom. The smallest absolute Gasteiger partial charge is 0.298 e. The summed E-state index contributed by atoms with van der Waals surface area (Å²) in [5.74, 6) is 0. The highest BCUT2D eigenvalue weighted by Crippen LogP contribution is 2.28. The molecule has 2 N–H and O–H groups in total. The lowest BCUT2D eigenvalue weighted by atomic mass is 10.1. The number of nitrogen functional groups attached to an aromatic ring is 1. The Morgan fingerprint density at radius 1 is 1.14 bits per heavy atom. The fourth-order valence-corrected chi connectivity index (χ4v) is 3.56. The Bertz CT molecular complexity index is 632. The molecule has 2 aromatic rings. The molecule has 0 bridgehead atoms. The van der Waals surface area contributed by atoms with Crippen molar-refractivity contribution >= 4 is 22.8 Å². The van der Waals surface area contributed by atoms with E-state index in [2.05, 4.69) is 14.8 Å². The minimum Gasteiger partial charge on any atom is -0.423 e. The van der Waals surface area contributed by atoms with Crippen molar-refractivity contribution < 1.29 is 4.42 Å². The first-order valence-corrected chi connectivity index (χ1v) is 7.95. The number of fused-ring (bicyclic) bond motifs is 1. The average Bonchev–Trinajstić information content (AvgIpc) is 3.14. The highest BCUT2D eigenvalue weighted by Gasteiger charge is 2.30. The van der Waals surface area contributed by atoms with Crippen molar-refractivity contribution in [1.82, 2.24) is 9.88 Å². The molecular weight excluding hydrogens is 264 g/mol. The van der Waals surface area contributed by atoms with Gasteiger partial charge in [0.25, 0.3) is 6.01 Å². The highest BCUT2D eigenvalue weighted by atomic mass is 16.4. The zero-order valence-electron chi connectivity index (χ0n) is 12.3. The number of hydrogen-bond acceptors (Lipinski definition) is 5. The monoisotopic (exact) mass is 286 g/mol. The zero-order chi connectivity index (χ0) is 14.2. The largest absolute Gasteiger partial charge is 0.423 e. The molecule has 3 heterocycles. The van der Waals surface area contributed by atoms with E-state index in [9.17, 15) is 0 Å². The number of hydrogen-bond donors (Lipinski definition) is 1. The van der Waals surface area contributed by atoms with E-state index >= 15 is 0 Å². The number of aromatic nitrogens is 1. The van der Waals surface area contributed by atoms with E-state index in [1.165, 1.54) is 38.8 Å². The SMILES string of the molecule is Nc1ccc2nc(N3CCC(N4CCCCC4)C3)oc2c1. The van der Waals surface area contributed by atoms with Crippen LogP contribution in [0.25, 0.3) is 11.1 Å². The maximum absolute atomic E-state index is 5.88. The molecule has 0 amide bonds. The van der Waals surface area contributed by atoms with Gasteiger partial charge in [0.15, 0.2) is 5.58 Å². The van der Waals surface area contributed by atoms with Crippen molar-refractivity contribution in [2.75, 3.05) is 36.8 Å². The van der Waals surface area contributed by atoms with Crippen LogP contribution < -0.4 is 10.6 Å². The van der Waals surface area contributed by atoms with Crippen molar-refractivity contribution in [3.05, 3.63) is 18.2 Å². The predicted molar refractivity (Wildman–Crippen MR) is 84.5 cm³/mol. The lowest BCUT2D eigenvalue weighted by molar-refractivity contribution is 0.174. The van der Waals surface area contributed by atoms with E-state index in [0.717, 1.165) is 35.9 Å². The third-order valence-electron chi connectivity index (χ3n) is 4.74. The Hall–Kier alpha value is -1.75. The first-order valence-electron chi connectivity index (χ1n) is 7.95. The molecule has 0 aliphatic carbocycles. The number of nitrogens with two attached hydrogens (primary N) is 1. The second kappa shape index (κ2) is 5.22. The molecule has 1 aromatic heterocycles. The minimum atomic E-state index is 0.658. The van der Waals surface area contributed by atoms with Gasteiger partial charge in [-0.1, -0.05) is 6.42 Å². The molecule has 5 nitrogen and oxygen atoms in total. The van der Waals surface area contributed by atoms with Gasteiger partial charge in [0.05, 0.1) is 0 Å². The fraction of sp³-hybridized carbons (Fsp3) is 0.562. The van der Waals surface area contributed by atoms with Crippen LogP contribution in [0.2, 0.25) is 0 Å². The molecule has 0 spiro atoms. The van der Waals surface area contributed by atoms with Crippen LogP contribution in [0.1, 0.15) is 25.7 Å². The van der Waals surface area contributed by atoms with Gasteiger partial charge in [-0.25, -0.2) is 0 Å². The first-order chi connectivity index (χ1) is 10.3. The lowest BCUT2D eigenvalue weighted by Crippen LogP contribution is -2.40. The Labute approximate surface area is 124 Å². The van der Waals surface area contributed by atoms with Gasteiger partial charge in [-0.15, -0.1) is 0 Å². The summed E-state index contributed by atoms with van der Waals surface area (Å²) in [5, 5.41) is 0. The topological polar surface area (TPSA) is 58.5 Å². The second-order valence-corrected chi connectivity index (χ2v) is 6.21. The van der Waals surface area contributed by atoms with E-state index in [4.69, 9.17) is 10.2 Å². The maximum atomic E-state index is 5.88. The van der Waals surface area contributed by atoms with Crippen LogP contribution in [0.15, 0.2) is 22.6 Å². The first kappa shape index (κ1) is 13.0. The number of nitrogens with zero attached hydrogens (tertiary/aromatic N) is 3. The average molecular weight is 286 g/mol. The number of piperidine rings is 1. The molecule has 2 fully saturated rings. The van der Waals surface area contributed by atoms with Crippen LogP contribution in [0, 0.1) is 0 Å². The predicted octanol–water partition coefficient (Wildman–Crippen LogP) is 2.47. The number of rotatable bonds is 2. The molecule has 2 aliphatic rings. The van der Waals surface area contributed by atoms with Crippen LogP contribution in [0.4, 0.5) is 11.7 Å². The Kier molecular flexibility index (Phi) is 3.22. The molecule has 0 radical (unpaired) electrons. The Morgan fingerprint density at radius 2 is 2.00 bits per heavy atom. The third-order valence-corrected chi connectivity index (χ3v) is 4.74. The summed E-state index contributed by atoms with van der Waals surface area (Å²) in [4.78, 5) is 9.52. The standard InChI is InChI=1S/C16H22N4O/c17-12-4-5-14-15(10-12)21-16(18-14)20-9-6-13(11-20)19-7-2-1-3-8-19/h4-5,10,13H,1-3,6-9,11,17H2. The van der Waals surface area contributed by atoms with Gasteiger partial charge in [0.1, 0.15) is 5.52 Å². The number of benzene rings is 1. The van der Waals surface area contributed by atoms with Gasteiger partial charge in [-0.05, 0) is 44.5 Å². The summed E-state index contributed by atoms with van der Waals surface area (Å²) in [5.41, 5.74) is 8.19. The molecule has 112 valence electrons. The summed E-state index contributed by atoms with van der Waals surface area (Å²) in [6.45, 7) is 4.57. The molecule has 1 aromatic carbocycles. The minimum absolute atomic E-state index is 0.658. The second-order valence-electron chi connectivity index (χ2n) is 6.21. The van der Waals surface area contributed by atoms with E-state index in [0.29, 0.717) is 6.04 Å². The quantitative estimate of drug-likeness (QED) is 0.859. The van der Waals surface area contributed by atoms with E-state index in [1.807, 2.05) is 18.2 Å². The van der Waals surface area contributed by atoms with E-state index in [1.54, 1.807) is 0 Å². The fourth-order valence-electron chi connectivity index (χ4n) is 3.56. The number of likely N-dealkylation sites (tertiary alicyclic amines) is 1. The normalized spacial score (nSPS) is 24.0. The van der Waals surface area contributed by atoms with Gasteiger partial charge in [-0.3, -0.25) is 4.90 Å². The Balaban J connectivity index is 1.50. The number of anilines is 2. The van der Waals surface area contributed by atoms with Crippen molar-refractivity contribution in [3.63, 3.8) is 0 Å². The summed E-state index contributed by atoms with van der Waals surface area (Å²) < 4.78 is 5.88. The molecule has 2 saturated heterocycles. The molecule has 0 saturated carbocycles. The van der Waals surface area contributed by atoms with Crippen LogP contribution >= 0.6 is 0 Å². The van der Waals surface area contributed by atoms with Gasteiger partial charge >= 0.3 is 0 Å². The van der Waals surface area contributed by atoms with Crippen molar-refractivity contribution in [3.8, 4) is 0 Å². The third kappa shape index (κ3) is 2.46. The molecule has 2 aliphatic heterocycles. The zero-order valence-corrected chi connectivity index (χ0v) is 12.3. The molecule has 1 unspecified atom stereocenters. The molecule has 5 heteroatoms. The molecule has 21 heavy (non-hydrogen) atoms. The van der Waals surface area contributed by atoms with Gasteiger partial charge in [-0.2, -0.15) is 4.98 Å². The summed E-state index contributed by atoms with van der Waals surface area (Å²) >= 11 is 0. The maximum Gasteiger partial charge on any atom is 0.298 e. The van der Waals surface area contributed by atoms with Crippen LogP contribution in [-0.4, -0.2) is 42.1 Å². The van der Waals surface area contributed by atoms with Crippen LogP contribution in [0.3, 0.4) is 0 Å². The van der Waals surface area contributed by atoms with Crippen molar-refractivity contribution in [1.29, 1.82) is 0 Å². The lowest BCUT2D eigenvalue weighted by Gasteiger charge is -2.31. The molecule has 4 rings (SSSR count). The van der Waals surface area contributed by atoms with E-state index in [-0.39, 0.29) is 0 Å². The van der Waals surface area contributed by atoms with E-state index < -0.39 is 0 Å². The van der Waals surface area contributed by atoms with Crippen molar-refractivity contribution in [2.45, 2.75) is 31.7 Å². The summed E-state index contributed by atoms with van der Waals surface area (Å²) in [7, 11) is 0. The molecule has 1 atom stereocenters. The highest BCUT2D eigenvalue weighted by molar-refractivity contribution is 5.78. The summed E-state index contributed by atoms with van der Waals surface area (Å²) in [6.07, 6.45) is 5.29. The molecular formula is C16H22N4O. The van der Waals surface area contributed by atoms with Crippen molar-refractivity contribution in [2.24, 2.45) is 0 Å².